The van der Waals surface area contributed by atoms with Crippen LogP contribution in [0, 0.1) is 12.3 Å². The Morgan fingerprint density at radius 3 is 2.66 bits per heavy atom. The summed E-state index contributed by atoms with van der Waals surface area (Å²) < 4.78 is 25.6. The van der Waals surface area contributed by atoms with Gasteiger partial charge in [-0.05, 0) is 30.7 Å². The van der Waals surface area contributed by atoms with Crippen LogP contribution in [0.15, 0.2) is 47.4 Å². The van der Waals surface area contributed by atoms with Gasteiger partial charge in [-0.3, -0.25) is 0 Å². The predicted molar refractivity (Wildman–Crippen MR) is 125 cm³/mol. The van der Waals surface area contributed by atoms with Gasteiger partial charge in [-0.1, -0.05) is 29.8 Å². The SMILES string of the molecule is Cc1ccc2nc(N3CCS(=O)(=O)c4ccccc4C3)nc(N3CC(CN)(CO)C3)c2c1. The third-order valence-electron chi connectivity index (χ3n) is 6.52. The monoisotopic (exact) mass is 453 g/mol. The first-order chi connectivity index (χ1) is 15.3. The van der Waals surface area contributed by atoms with Crippen molar-refractivity contribution in [3.63, 3.8) is 0 Å². The number of rotatable bonds is 4. The summed E-state index contributed by atoms with van der Waals surface area (Å²) in [5, 5.41) is 10.7. The number of nitrogens with two attached hydrogens (primary N) is 1. The number of benzene rings is 2. The second kappa shape index (κ2) is 7.68. The first kappa shape index (κ1) is 21.1. The molecule has 1 fully saturated rings. The van der Waals surface area contributed by atoms with Gasteiger partial charge in [0.1, 0.15) is 5.82 Å². The molecule has 0 amide bonds. The second-order valence-electron chi connectivity index (χ2n) is 8.93. The lowest BCUT2D eigenvalue weighted by atomic mass is 9.80. The topological polar surface area (TPSA) is 113 Å². The minimum Gasteiger partial charge on any atom is -0.396 e. The molecule has 0 spiro atoms. The fraction of sp³-hybridized carbons (Fsp3) is 0.391. The van der Waals surface area contributed by atoms with Crippen molar-refractivity contribution < 1.29 is 13.5 Å². The van der Waals surface area contributed by atoms with E-state index >= 15 is 0 Å². The molecule has 3 heterocycles. The van der Waals surface area contributed by atoms with Crippen LogP contribution in [-0.4, -0.2) is 62.0 Å². The van der Waals surface area contributed by atoms with Crippen LogP contribution in [0.5, 0.6) is 0 Å². The first-order valence-electron chi connectivity index (χ1n) is 10.7. The number of aliphatic hydroxyl groups excluding tert-OH is 1. The summed E-state index contributed by atoms with van der Waals surface area (Å²) in [6.07, 6.45) is 0. The van der Waals surface area contributed by atoms with E-state index in [0.29, 0.717) is 43.6 Å². The smallest absolute Gasteiger partial charge is 0.228 e. The van der Waals surface area contributed by atoms with Gasteiger partial charge in [0.25, 0.3) is 0 Å². The molecule has 8 nitrogen and oxygen atoms in total. The maximum Gasteiger partial charge on any atom is 0.228 e. The molecule has 9 heteroatoms. The molecule has 3 aromatic rings. The van der Waals surface area contributed by atoms with Crippen molar-refractivity contribution in [3.05, 3.63) is 53.6 Å². The Morgan fingerprint density at radius 2 is 1.91 bits per heavy atom. The Balaban J connectivity index is 1.58. The number of hydrogen-bond acceptors (Lipinski definition) is 8. The fourth-order valence-electron chi connectivity index (χ4n) is 4.54. The number of sulfone groups is 1. The lowest BCUT2D eigenvalue weighted by Gasteiger charge is -2.49. The highest BCUT2D eigenvalue weighted by Gasteiger charge is 2.43. The molecule has 0 atom stereocenters. The maximum atomic E-state index is 12.8. The third-order valence-corrected chi connectivity index (χ3v) is 8.31. The molecule has 1 aromatic heterocycles. The summed E-state index contributed by atoms with van der Waals surface area (Å²) in [4.78, 5) is 14.2. The van der Waals surface area contributed by atoms with Gasteiger partial charge in [0.2, 0.25) is 5.95 Å². The van der Waals surface area contributed by atoms with Crippen LogP contribution in [0.3, 0.4) is 0 Å². The van der Waals surface area contributed by atoms with Gasteiger partial charge >= 0.3 is 0 Å². The highest BCUT2D eigenvalue weighted by Crippen LogP contribution is 2.37. The van der Waals surface area contributed by atoms with Crippen LogP contribution in [0.2, 0.25) is 0 Å². The Hall–Kier alpha value is -2.75. The number of anilines is 2. The van der Waals surface area contributed by atoms with E-state index in [9.17, 15) is 13.5 Å². The highest BCUT2D eigenvalue weighted by molar-refractivity contribution is 7.91. The van der Waals surface area contributed by atoms with Gasteiger partial charge in [0.05, 0.1) is 22.8 Å². The molecule has 32 heavy (non-hydrogen) atoms. The molecule has 1 saturated heterocycles. The summed E-state index contributed by atoms with van der Waals surface area (Å²) in [5.74, 6) is 1.32. The van der Waals surface area contributed by atoms with Crippen molar-refractivity contribution in [2.24, 2.45) is 11.1 Å². The lowest BCUT2D eigenvalue weighted by Crippen LogP contribution is -2.62. The molecule has 0 radical (unpaired) electrons. The summed E-state index contributed by atoms with van der Waals surface area (Å²) in [6.45, 7) is 4.47. The van der Waals surface area contributed by atoms with Crippen molar-refractivity contribution in [1.29, 1.82) is 0 Å². The summed E-state index contributed by atoms with van der Waals surface area (Å²) >= 11 is 0. The molecule has 0 aliphatic carbocycles. The quantitative estimate of drug-likeness (QED) is 0.611. The first-order valence-corrected chi connectivity index (χ1v) is 12.4. The largest absolute Gasteiger partial charge is 0.396 e. The zero-order valence-electron chi connectivity index (χ0n) is 18.0. The van der Waals surface area contributed by atoms with E-state index in [0.717, 1.165) is 27.8 Å². The molecule has 0 bridgehead atoms. The van der Waals surface area contributed by atoms with Crippen LogP contribution in [0.4, 0.5) is 11.8 Å². The van der Waals surface area contributed by atoms with Crippen molar-refractivity contribution >= 4 is 32.5 Å². The highest BCUT2D eigenvalue weighted by atomic mass is 32.2. The van der Waals surface area contributed by atoms with Gasteiger partial charge in [0.15, 0.2) is 9.84 Å². The number of aryl methyl sites for hydroxylation is 1. The molecule has 2 aliphatic heterocycles. The van der Waals surface area contributed by atoms with E-state index < -0.39 is 9.84 Å². The van der Waals surface area contributed by atoms with Crippen molar-refractivity contribution in [2.75, 3.05) is 48.3 Å². The number of aliphatic hydroxyl groups is 1. The van der Waals surface area contributed by atoms with Gasteiger partial charge in [-0.15, -0.1) is 0 Å². The van der Waals surface area contributed by atoms with Crippen molar-refractivity contribution in [3.8, 4) is 0 Å². The van der Waals surface area contributed by atoms with Crippen LogP contribution >= 0.6 is 0 Å². The van der Waals surface area contributed by atoms with Crippen LogP contribution in [0.1, 0.15) is 11.1 Å². The normalized spacial score (nSPS) is 19.3. The van der Waals surface area contributed by atoms with E-state index in [4.69, 9.17) is 15.7 Å². The minimum absolute atomic E-state index is 0.0130. The minimum atomic E-state index is -3.36. The predicted octanol–water partition coefficient (Wildman–Crippen LogP) is 1.49. The van der Waals surface area contributed by atoms with E-state index in [1.807, 2.05) is 36.1 Å². The number of hydrogen-bond donors (Lipinski definition) is 2. The molecular formula is C23H27N5O3S. The van der Waals surface area contributed by atoms with E-state index in [1.54, 1.807) is 12.1 Å². The zero-order chi connectivity index (χ0) is 22.5. The summed E-state index contributed by atoms with van der Waals surface area (Å²) in [6, 6.07) is 13.2. The molecule has 0 saturated carbocycles. The van der Waals surface area contributed by atoms with E-state index in [2.05, 4.69) is 11.0 Å². The molecule has 168 valence electrons. The van der Waals surface area contributed by atoms with Crippen molar-refractivity contribution in [1.82, 2.24) is 9.97 Å². The van der Waals surface area contributed by atoms with Crippen LogP contribution in [-0.2, 0) is 16.4 Å². The summed E-state index contributed by atoms with van der Waals surface area (Å²) in [5.41, 5.74) is 8.27. The van der Waals surface area contributed by atoms with Gasteiger partial charge in [0, 0.05) is 43.5 Å². The van der Waals surface area contributed by atoms with E-state index in [-0.39, 0.29) is 17.8 Å². The third kappa shape index (κ3) is 3.50. The average Bonchev–Trinajstić information content (AvgIpc) is 2.90. The molecule has 2 aromatic carbocycles. The number of aromatic nitrogens is 2. The Kier molecular flexibility index (Phi) is 5.07. The van der Waals surface area contributed by atoms with E-state index in [1.165, 1.54) is 0 Å². The van der Waals surface area contributed by atoms with Crippen LogP contribution < -0.4 is 15.5 Å². The van der Waals surface area contributed by atoms with Gasteiger partial charge in [-0.2, -0.15) is 4.98 Å². The average molecular weight is 454 g/mol. The second-order valence-corrected chi connectivity index (χ2v) is 11.0. The molecular weight excluding hydrogens is 426 g/mol. The number of fused-ring (bicyclic) bond motifs is 2. The molecule has 2 aliphatic rings. The van der Waals surface area contributed by atoms with Gasteiger partial charge < -0.3 is 20.6 Å². The molecule has 3 N–H and O–H groups in total. The fourth-order valence-corrected chi connectivity index (χ4v) is 6.04. The Labute approximate surface area is 187 Å². The standard InChI is InChI=1S/C23H27N5O3S/c1-16-6-7-19-18(10-16)21(28-13-23(12-24,14-28)15-29)26-22(25-19)27-8-9-32(30,31)20-5-3-2-4-17(20)11-27/h2-7,10,29H,8-9,11-15,24H2,1H3. The van der Waals surface area contributed by atoms with Gasteiger partial charge in [-0.25, -0.2) is 13.4 Å². The van der Waals surface area contributed by atoms with Crippen LogP contribution in [0.25, 0.3) is 10.9 Å². The summed E-state index contributed by atoms with van der Waals surface area (Å²) in [7, 11) is -3.36. The maximum absolute atomic E-state index is 12.8. The molecule has 0 unspecified atom stereocenters. The lowest BCUT2D eigenvalue weighted by molar-refractivity contribution is 0.100. The zero-order valence-corrected chi connectivity index (χ0v) is 18.8. The molecule has 5 rings (SSSR count). The number of nitrogens with zero attached hydrogens (tertiary/aromatic N) is 4. The van der Waals surface area contributed by atoms with Crippen molar-refractivity contribution in [2.45, 2.75) is 18.4 Å². The Bertz CT molecular complexity index is 1280. The Morgan fingerprint density at radius 1 is 1.12 bits per heavy atom.